The van der Waals surface area contributed by atoms with Crippen LogP contribution in [0.25, 0.3) is 0 Å². The van der Waals surface area contributed by atoms with E-state index in [-0.39, 0.29) is 49.0 Å². The molecule has 0 saturated heterocycles. The normalized spacial score (nSPS) is 22.9. The minimum absolute atomic E-state index is 0.0338. The van der Waals surface area contributed by atoms with E-state index >= 15 is 26.3 Å². The molecular formula is C29H32F6O. The van der Waals surface area contributed by atoms with Gasteiger partial charge in [-0.2, -0.15) is 17.6 Å². The van der Waals surface area contributed by atoms with Gasteiger partial charge in [-0.15, -0.1) is 0 Å². The van der Waals surface area contributed by atoms with Crippen LogP contribution in [0.1, 0.15) is 70.8 Å². The van der Waals surface area contributed by atoms with Crippen molar-refractivity contribution in [2.45, 2.75) is 83.5 Å². The van der Waals surface area contributed by atoms with Crippen molar-refractivity contribution in [3.05, 3.63) is 75.4 Å². The lowest BCUT2D eigenvalue weighted by Crippen LogP contribution is -2.50. The first-order valence-electron chi connectivity index (χ1n) is 12.8. The van der Waals surface area contributed by atoms with Crippen LogP contribution < -0.4 is 4.74 Å². The molecule has 0 aromatic heterocycles. The molecule has 3 aliphatic rings. The molecule has 0 radical (unpaired) electrons. The van der Waals surface area contributed by atoms with Gasteiger partial charge in [-0.25, -0.2) is 8.78 Å². The Morgan fingerprint density at radius 2 is 1.58 bits per heavy atom. The standard InChI is InChI=1S/C29H32F6O/c1-3-5-6-8-18-9-13-21(14-10-18)36-17-20-12-16-23-22-15-11-19(7-4-2)26(30)24(22)28(32,33)29(34,35)25(23)27(20)31/h9-10,13-15,19H,3-8,11-12,16-17H2,1-2H3. The molecule has 0 aliphatic heterocycles. The number of allylic oxidation sites excluding steroid dienone is 7. The number of ether oxygens (including phenoxy) is 1. The van der Waals surface area contributed by atoms with Gasteiger partial charge < -0.3 is 4.74 Å². The molecule has 1 unspecified atom stereocenters. The molecule has 1 atom stereocenters. The largest absolute Gasteiger partial charge is 0.489 e. The molecule has 196 valence electrons. The zero-order chi connectivity index (χ0) is 26.1. The van der Waals surface area contributed by atoms with Crippen molar-refractivity contribution in [3.8, 4) is 5.75 Å². The summed E-state index contributed by atoms with van der Waals surface area (Å²) in [5, 5.41) is 0. The second kappa shape index (κ2) is 10.5. The third-order valence-electron chi connectivity index (χ3n) is 7.37. The third-order valence-corrected chi connectivity index (χ3v) is 7.37. The molecule has 36 heavy (non-hydrogen) atoms. The maximum Gasteiger partial charge on any atom is 0.342 e. The van der Waals surface area contributed by atoms with Crippen LogP contribution in [0.3, 0.4) is 0 Å². The second-order valence-corrected chi connectivity index (χ2v) is 9.87. The predicted octanol–water partition coefficient (Wildman–Crippen LogP) is 9.37. The van der Waals surface area contributed by atoms with E-state index in [0.717, 1.165) is 31.2 Å². The van der Waals surface area contributed by atoms with E-state index in [0.29, 0.717) is 12.2 Å². The highest BCUT2D eigenvalue weighted by atomic mass is 19.3. The fraction of sp³-hybridized carbons (Fsp3) is 0.517. The molecule has 7 heteroatoms. The van der Waals surface area contributed by atoms with Crippen LogP contribution in [0.5, 0.6) is 5.75 Å². The number of rotatable bonds is 9. The predicted molar refractivity (Wildman–Crippen MR) is 129 cm³/mol. The highest BCUT2D eigenvalue weighted by Crippen LogP contribution is 2.60. The molecule has 1 aromatic carbocycles. The Kier molecular flexibility index (Phi) is 7.77. The van der Waals surface area contributed by atoms with E-state index in [9.17, 15) is 0 Å². The van der Waals surface area contributed by atoms with E-state index in [4.69, 9.17) is 4.74 Å². The van der Waals surface area contributed by atoms with Crippen molar-refractivity contribution in [3.63, 3.8) is 0 Å². The number of unbranched alkanes of at least 4 members (excludes halogenated alkanes) is 2. The molecule has 3 aliphatic carbocycles. The van der Waals surface area contributed by atoms with E-state index in [2.05, 4.69) is 6.92 Å². The van der Waals surface area contributed by atoms with Gasteiger partial charge in [-0.1, -0.05) is 51.3 Å². The van der Waals surface area contributed by atoms with E-state index < -0.39 is 40.6 Å². The monoisotopic (exact) mass is 510 g/mol. The molecule has 4 rings (SSSR count). The van der Waals surface area contributed by atoms with Gasteiger partial charge in [0.25, 0.3) is 0 Å². The van der Waals surface area contributed by atoms with Crippen LogP contribution in [0.15, 0.2) is 69.9 Å². The van der Waals surface area contributed by atoms with Crippen molar-refractivity contribution in [1.29, 1.82) is 0 Å². The highest BCUT2D eigenvalue weighted by molar-refractivity contribution is 5.66. The van der Waals surface area contributed by atoms with Crippen molar-refractivity contribution in [2.75, 3.05) is 6.61 Å². The van der Waals surface area contributed by atoms with Gasteiger partial charge in [0.05, 0.1) is 11.1 Å². The minimum atomic E-state index is -4.86. The van der Waals surface area contributed by atoms with Crippen molar-refractivity contribution < 1.29 is 31.1 Å². The number of hydrogen-bond acceptors (Lipinski definition) is 1. The maximum absolute atomic E-state index is 15.4. The Morgan fingerprint density at radius 1 is 0.889 bits per heavy atom. The van der Waals surface area contributed by atoms with Crippen LogP contribution in [0.2, 0.25) is 0 Å². The summed E-state index contributed by atoms with van der Waals surface area (Å²) in [6.07, 6.45) is 6.54. The first kappa shape index (κ1) is 26.6. The molecule has 1 aromatic rings. The lowest BCUT2D eigenvalue weighted by atomic mass is 9.69. The van der Waals surface area contributed by atoms with Crippen LogP contribution >= 0.6 is 0 Å². The molecule has 0 saturated carbocycles. The number of aryl methyl sites for hydroxylation is 1. The molecular weight excluding hydrogens is 478 g/mol. The van der Waals surface area contributed by atoms with Crippen molar-refractivity contribution >= 4 is 0 Å². The number of hydrogen-bond donors (Lipinski definition) is 0. The molecule has 0 fully saturated rings. The zero-order valence-electron chi connectivity index (χ0n) is 20.7. The Hall–Kier alpha value is -2.44. The molecule has 0 bridgehead atoms. The van der Waals surface area contributed by atoms with Gasteiger partial charge in [-0.3, -0.25) is 0 Å². The summed E-state index contributed by atoms with van der Waals surface area (Å²) in [5.74, 6) is -12.7. The summed E-state index contributed by atoms with van der Waals surface area (Å²) < 4.78 is 96.7. The fourth-order valence-electron chi connectivity index (χ4n) is 5.35. The summed E-state index contributed by atoms with van der Waals surface area (Å²) in [6.45, 7) is 3.58. The maximum atomic E-state index is 15.4. The number of benzene rings is 1. The minimum Gasteiger partial charge on any atom is -0.489 e. The Bertz CT molecular complexity index is 1110. The van der Waals surface area contributed by atoms with Gasteiger partial charge in [0.2, 0.25) is 0 Å². The zero-order valence-corrected chi connectivity index (χ0v) is 20.7. The quantitative estimate of drug-likeness (QED) is 0.238. The van der Waals surface area contributed by atoms with Crippen molar-refractivity contribution in [2.24, 2.45) is 5.92 Å². The van der Waals surface area contributed by atoms with E-state index in [1.807, 2.05) is 12.1 Å². The van der Waals surface area contributed by atoms with Crippen LogP contribution in [0.4, 0.5) is 26.3 Å². The highest BCUT2D eigenvalue weighted by Gasteiger charge is 2.68. The van der Waals surface area contributed by atoms with E-state index in [1.165, 1.54) is 6.08 Å². The number of halogens is 6. The lowest BCUT2D eigenvalue weighted by Gasteiger charge is -2.42. The average molecular weight is 511 g/mol. The topological polar surface area (TPSA) is 9.23 Å². The molecule has 0 spiro atoms. The molecule has 1 nitrogen and oxygen atoms in total. The fourth-order valence-corrected chi connectivity index (χ4v) is 5.35. The SMILES string of the molecule is CCCCCc1ccc(OCC2=C(F)C3=C(CC2)C2=CCC(CCC)C(F)=C2C(F)(F)C3(F)F)cc1. The average Bonchev–Trinajstić information content (AvgIpc) is 2.84. The lowest BCUT2D eigenvalue weighted by molar-refractivity contribution is -0.164. The van der Waals surface area contributed by atoms with Crippen LogP contribution in [-0.2, 0) is 6.42 Å². The van der Waals surface area contributed by atoms with Crippen molar-refractivity contribution in [1.82, 2.24) is 0 Å². The summed E-state index contributed by atoms with van der Waals surface area (Å²) >= 11 is 0. The Labute approximate surface area is 208 Å². The van der Waals surface area contributed by atoms with Gasteiger partial charge in [0.1, 0.15) is 24.0 Å². The summed E-state index contributed by atoms with van der Waals surface area (Å²) in [6, 6.07) is 7.26. The van der Waals surface area contributed by atoms with Gasteiger partial charge in [0.15, 0.2) is 0 Å². The first-order chi connectivity index (χ1) is 17.1. The summed E-state index contributed by atoms with van der Waals surface area (Å²) in [7, 11) is 0. The van der Waals surface area contributed by atoms with Gasteiger partial charge in [-0.05, 0) is 67.4 Å². The smallest absolute Gasteiger partial charge is 0.342 e. The first-order valence-corrected chi connectivity index (χ1v) is 12.8. The van der Waals surface area contributed by atoms with Crippen LogP contribution in [-0.4, -0.2) is 18.5 Å². The second-order valence-electron chi connectivity index (χ2n) is 9.87. The van der Waals surface area contributed by atoms with Crippen LogP contribution in [0, 0.1) is 5.92 Å². The molecule has 0 amide bonds. The van der Waals surface area contributed by atoms with Gasteiger partial charge in [0, 0.05) is 11.5 Å². The molecule has 0 heterocycles. The van der Waals surface area contributed by atoms with Gasteiger partial charge >= 0.3 is 11.8 Å². The molecule has 0 N–H and O–H groups in total. The Balaban J connectivity index is 1.60. The Morgan fingerprint density at radius 3 is 2.25 bits per heavy atom. The third kappa shape index (κ3) is 4.66. The summed E-state index contributed by atoms with van der Waals surface area (Å²) in [5.41, 5.74) is -2.02. The van der Waals surface area contributed by atoms with E-state index in [1.54, 1.807) is 19.1 Å². The number of alkyl halides is 4. The number of fused-ring (bicyclic) bond motifs is 2. The summed E-state index contributed by atoms with van der Waals surface area (Å²) in [4.78, 5) is 0.